The van der Waals surface area contributed by atoms with Crippen LogP contribution in [0.4, 0.5) is 0 Å². The van der Waals surface area contributed by atoms with E-state index in [1.54, 1.807) is 5.56 Å². The zero-order valence-corrected chi connectivity index (χ0v) is 13.3. The highest BCUT2D eigenvalue weighted by atomic mass is 14.7. The van der Waals surface area contributed by atoms with Crippen LogP contribution in [0, 0.1) is 16.2 Å². The van der Waals surface area contributed by atoms with Crippen LogP contribution in [0.25, 0.3) is 0 Å². The van der Waals surface area contributed by atoms with Crippen molar-refractivity contribution in [3.05, 3.63) is 35.9 Å². The van der Waals surface area contributed by atoms with Crippen molar-refractivity contribution >= 4 is 0 Å². The number of hydrogen-bond acceptors (Lipinski definition) is 0. The van der Waals surface area contributed by atoms with Gasteiger partial charge < -0.3 is 0 Å². The van der Waals surface area contributed by atoms with Gasteiger partial charge in [0.05, 0.1) is 0 Å². The van der Waals surface area contributed by atoms with Crippen LogP contribution < -0.4 is 0 Å². The summed E-state index contributed by atoms with van der Waals surface area (Å²) in [6.07, 6.45) is 10.1. The van der Waals surface area contributed by atoms with Gasteiger partial charge in [-0.3, -0.25) is 0 Å². The van der Waals surface area contributed by atoms with Gasteiger partial charge in [0.2, 0.25) is 0 Å². The Labute approximate surface area is 124 Å². The second-order valence-corrected chi connectivity index (χ2v) is 9.18. The summed E-state index contributed by atoms with van der Waals surface area (Å²) in [5.41, 5.74) is 3.93. The van der Waals surface area contributed by atoms with Crippen LogP contribution in [0.1, 0.15) is 71.3 Å². The third-order valence-corrected chi connectivity index (χ3v) is 6.84. The Kier molecular flexibility index (Phi) is 2.39. The van der Waals surface area contributed by atoms with Crippen molar-refractivity contribution in [1.29, 1.82) is 0 Å². The van der Waals surface area contributed by atoms with Gasteiger partial charge in [-0.15, -0.1) is 0 Å². The van der Waals surface area contributed by atoms with E-state index in [2.05, 4.69) is 51.1 Å². The standard InChI is InChI=1S/C20H28/c1-4-19-11-17(2)10-18(3,12-19)14-20(13-17,15-19)16-8-6-5-7-9-16/h5-9H,4,10-15H2,1-3H3. The van der Waals surface area contributed by atoms with E-state index in [-0.39, 0.29) is 0 Å². The Hall–Kier alpha value is -0.780. The first-order chi connectivity index (χ1) is 9.41. The highest BCUT2D eigenvalue weighted by Gasteiger charge is 2.64. The minimum atomic E-state index is 0.482. The van der Waals surface area contributed by atoms with Crippen molar-refractivity contribution < 1.29 is 0 Å². The first-order valence-electron chi connectivity index (χ1n) is 8.46. The Balaban J connectivity index is 1.86. The van der Waals surface area contributed by atoms with E-state index in [1.165, 1.54) is 44.9 Å². The molecule has 0 N–H and O–H groups in total. The predicted molar refractivity (Wildman–Crippen MR) is 84.8 cm³/mol. The monoisotopic (exact) mass is 268 g/mol. The Bertz CT molecular complexity index is 508. The van der Waals surface area contributed by atoms with Crippen molar-refractivity contribution in [3.8, 4) is 0 Å². The highest BCUT2D eigenvalue weighted by Crippen LogP contribution is 2.74. The summed E-state index contributed by atoms with van der Waals surface area (Å²) >= 11 is 0. The van der Waals surface area contributed by atoms with Gasteiger partial charge in [-0.2, -0.15) is 0 Å². The molecule has 5 rings (SSSR count). The van der Waals surface area contributed by atoms with Crippen LogP contribution in [-0.4, -0.2) is 0 Å². The second kappa shape index (κ2) is 3.70. The van der Waals surface area contributed by atoms with E-state index in [4.69, 9.17) is 0 Å². The SMILES string of the molecule is CCC12CC3(C)CC(C)(C1)CC(c1ccccc1)(C3)C2. The molecule has 1 aromatic carbocycles. The molecule has 0 saturated heterocycles. The smallest absolute Gasteiger partial charge is 0.00313 e. The van der Waals surface area contributed by atoms with Crippen LogP contribution in [-0.2, 0) is 5.41 Å². The van der Waals surface area contributed by atoms with Crippen molar-refractivity contribution in [2.45, 2.75) is 71.1 Å². The van der Waals surface area contributed by atoms with Gasteiger partial charge in [0.15, 0.2) is 0 Å². The van der Waals surface area contributed by atoms with Crippen LogP contribution in [0.15, 0.2) is 30.3 Å². The Morgan fingerprint density at radius 1 is 0.800 bits per heavy atom. The lowest BCUT2D eigenvalue weighted by Gasteiger charge is -2.70. The maximum atomic E-state index is 2.59. The van der Waals surface area contributed by atoms with Gasteiger partial charge >= 0.3 is 0 Å². The maximum absolute atomic E-state index is 2.59. The quantitative estimate of drug-likeness (QED) is 0.644. The van der Waals surface area contributed by atoms with E-state index in [0.29, 0.717) is 21.7 Å². The fraction of sp³-hybridized carbons (Fsp3) is 0.700. The molecular weight excluding hydrogens is 240 g/mol. The molecule has 4 saturated carbocycles. The minimum Gasteiger partial charge on any atom is -0.0649 e. The molecule has 0 aliphatic heterocycles. The molecule has 0 heterocycles. The van der Waals surface area contributed by atoms with Crippen molar-refractivity contribution in [2.75, 3.05) is 0 Å². The third-order valence-electron chi connectivity index (χ3n) is 6.84. The summed E-state index contributed by atoms with van der Waals surface area (Å²) in [6.45, 7) is 7.62. The zero-order chi connectivity index (χ0) is 14.1. The highest BCUT2D eigenvalue weighted by molar-refractivity contribution is 5.32. The lowest BCUT2D eigenvalue weighted by molar-refractivity contribution is -0.160. The molecule has 0 radical (unpaired) electrons. The van der Waals surface area contributed by atoms with Gasteiger partial charge in [-0.05, 0) is 65.7 Å². The molecule has 108 valence electrons. The van der Waals surface area contributed by atoms with E-state index < -0.39 is 0 Å². The zero-order valence-electron chi connectivity index (χ0n) is 13.3. The van der Waals surface area contributed by atoms with Gasteiger partial charge in [0.1, 0.15) is 0 Å². The van der Waals surface area contributed by atoms with Crippen molar-refractivity contribution in [2.24, 2.45) is 16.2 Å². The summed E-state index contributed by atoms with van der Waals surface area (Å²) in [6, 6.07) is 11.5. The summed E-state index contributed by atoms with van der Waals surface area (Å²) in [5.74, 6) is 0. The molecule has 4 aliphatic rings. The van der Waals surface area contributed by atoms with Gasteiger partial charge in [0.25, 0.3) is 0 Å². The van der Waals surface area contributed by atoms with E-state index in [0.717, 1.165) is 0 Å². The predicted octanol–water partition coefficient (Wildman–Crippen LogP) is 5.71. The topological polar surface area (TPSA) is 0 Å². The largest absolute Gasteiger partial charge is 0.0649 e. The van der Waals surface area contributed by atoms with Gasteiger partial charge in [-0.25, -0.2) is 0 Å². The Morgan fingerprint density at radius 3 is 1.95 bits per heavy atom. The van der Waals surface area contributed by atoms with Gasteiger partial charge in [-0.1, -0.05) is 57.5 Å². The van der Waals surface area contributed by atoms with E-state index >= 15 is 0 Å². The summed E-state index contributed by atoms with van der Waals surface area (Å²) in [5, 5.41) is 0. The summed E-state index contributed by atoms with van der Waals surface area (Å²) in [4.78, 5) is 0. The first kappa shape index (κ1) is 12.9. The van der Waals surface area contributed by atoms with Crippen LogP contribution in [0.5, 0.6) is 0 Å². The second-order valence-electron chi connectivity index (χ2n) is 9.18. The molecule has 2 unspecified atom stereocenters. The summed E-state index contributed by atoms with van der Waals surface area (Å²) < 4.78 is 0. The number of rotatable bonds is 2. The molecule has 4 fully saturated rings. The molecule has 2 atom stereocenters. The average molecular weight is 268 g/mol. The fourth-order valence-electron chi connectivity index (χ4n) is 7.42. The molecule has 4 bridgehead atoms. The van der Waals surface area contributed by atoms with Crippen LogP contribution >= 0.6 is 0 Å². The van der Waals surface area contributed by atoms with E-state index in [9.17, 15) is 0 Å². The molecule has 0 nitrogen and oxygen atoms in total. The first-order valence-corrected chi connectivity index (χ1v) is 8.46. The van der Waals surface area contributed by atoms with Crippen molar-refractivity contribution in [3.63, 3.8) is 0 Å². The van der Waals surface area contributed by atoms with E-state index in [1.807, 2.05) is 0 Å². The van der Waals surface area contributed by atoms with Crippen LogP contribution in [0.2, 0.25) is 0 Å². The maximum Gasteiger partial charge on any atom is -0.00313 e. The van der Waals surface area contributed by atoms with Gasteiger partial charge in [0, 0.05) is 0 Å². The lowest BCUT2D eigenvalue weighted by Crippen LogP contribution is -2.61. The number of hydrogen-bond donors (Lipinski definition) is 0. The molecule has 1 aromatic rings. The average Bonchev–Trinajstić information content (AvgIpc) is 2.36. The van der Waals surface area contributed by atoms with Crippen LogP contribution in [0.3, 0.4) is 0 Å². The lowest BCUT2D eigenvalue weighted by atomic mass is 9.35. The molecule has 0 spiro atoms. The minimum absolute atomic E-state index is 0.482. The molecule has 4 aliphatic carbocycles. The molecule has 0 aromatic heterocycles. The summed E-state index contributed by atoms with van der Waals surface area (Å²) in [7, 11) is 0. The molecular formula is C20H28. The molecule has 0 amide bonds. The molecule has 20 heavy (non-hydrogen) atoms. The Morgan fingerprint density at radius 2 is 1.40 bits per heavy atom. The third kappa shape index (κ3) is 1.66. The van der Waals surface area contributed by atoms with Crippen molar-refractivity contribution in [1.82, 2.24) is 0 Å². The normalized spacial score (nSPS) is 49.5. The number of benzene rings is 1. The molecule has 0 heteroatoms. The fourth-order valence-corrected chi connectivity index (χ4v) is 7.42.